The number of rotatable bonds is 4. The van der Waals surface area contributed by atoms with E-state index in [1.54, 1.807) is 12.1 Å². The Bertz CT molecular complexity index is 730. The van der Waals surface area contributed by atoms with Crippen molar-refractivity contribution >= 4 is 21.4 Å². The highest BCUT2D eigenvalue weighted by Crippen LogP contribution is 2.23. The lowest BCUT2D eigenvalue weighted by Gasteiger charge is -2.12. The third-order valence-corrected chi connectivity index (χ3v) is 4.30. The third kappa shape index (κ3) is 3.08. The van der Waals surface area contributed by atoms with Gasteiger partial charge in [-0.05, 0) is 42.3 Å². The Morgan fingerprint density at radius 1 is 1.20 bits per heavy atom. The Morgan fingerprint density at radius 3 is 2.60 bits per heavy atom. The van der Waals surface area contributed by atoms with Crippen LogP contribution in [0, 0.1) is 5.82 Å². The lowest BCUT2D eigenvalue weighted by molar-refractivity contribution is 0.600. The van der Waals surface area contributed by atoms with E-state index in [-0.39, 0.29) is 10.6 Å². The quantitative estimate of drug-likeness (QED) is 0.852. The zero-order chi connectivity index (χ0) is 14.8. The van der Waals surface area contributed by atoms with Crippen molar-refractivity contribution in [3.05, 3.63) is 53.8 Å². The molecule has 0 atom stereocenters. The maximum atomic E-state index is 13.1. The van der Waals surface area contributed by atoms with Crippen LogP contribution in [0.2, 0.25) is 0 Å². The lowest BCUT2D eigenvalue weighted by atomic mass is 10.1. The van der Waals surface area contributed by atoms with Crippen LogP contribution in [-0.4, -0.2) is 8.42 Å². The molecule has 2 aromatic carbocycles. The fourth-order valence-corrected chi connectivity index (χ4v) is 3.27. The van der Waals surface area contributed by atoms with E-state index in [2.05, 4.69) is 4.72 Å². The van der Waals surface area contributed by atoms with Gasteiger partial charge in [-0.15, -0.1) is 0 Å². The molecule has 0 heterocycles. The average molecular weight is 294 g/mol. The Kier molecular flexibility index (Phi) is 3.94. The highest BCUT2D eigenvalue weighted by atomic mass is 32.2. The minimum atomic E-state index is -3.79. The van der Waals surface area contributed by atoms with Crippen LogP contribution < -0.4 is 10.5 Å². The van der Waals surface area contributed by atoms with E-state index >= 15 is 0 Å². The summed E-state index contributed by atoms with van der Waals surface area (Å²) in [7, 11) is -3.79. The van der Waals surface area contributed by atoms with E-state index in [0.29, 0.717) is 17.7 Å². The molecule has 0 aromatic heterocycles. The van der Waals surface area contributed by atoms with Crippen molar-refractivity contribution in [2.75, 3.05) is 10.5 Å². The normalized spacial score (nSPS) is 11.3. The average Bonchev–Trinajstić information content (AvgIpc) is 2.38. The largest absolute Gasteiger partial charge is 0.399 e. The van der Waals surface area contributed by atoms with E-state index in [1.807, 2.05) is 6.92 Å². The summed E-state index contributed by atoms with van der Waals surface area (Å²) in [6.45, 7) is 1.85. The number of nitrogen functional groups attached to an aromatic ring is 1. The van der Waals surface area contributed by atoms with Crippen LogP contribution in [0.3, 0.4) is 0 Å². The first-order chi connectivity index (χ1) is 9.42. The summed E-state index contributed by atoms with van der Waals surface area (Å²) in [5.41, 5.74) is 6.84. The van der Waals surface area contributed by atoms with Gasteiger partial charge < -0.3 is 5.73 Å². The molecule has 0 radical (unpaired) electrons. The van der Waals surface area contributed by atoms with Gasteiger partial charge in [0.05, 0.1) is 10.6 Å². The number of nitrogens with one attached hydrogen (secondary N) is 1. The predicted octanol–water partition coefficient (Wildman–Crippen LogP) is 2.77. The fourth-order valence-electron chi connectivity index (χ4n) is 1.88. The van der Waals surface area contributed by atoms with E-state index in [0.717, 1.165) is 6.07 Å². The molecule has 0 fully saturated rings. The van der Waals surface area contributed by atoms with Crippen molar-refractivity contribution in [2.24, 2.45) is 0 Å². The van der Waals surface area contributed by atoms with Crippen molar-refractivity contribution in [2.45, 2.75) is 18.2 Å². The molecule has 3 N–H and O–H groups in total. The SMILES string of the molecule is CCc1ccc(N)cc1S(=O)(=O)Nc1cccc(F)c1. The number of nitrogens with two attached hydrogens (primary N) is 1. The van der Waals surface area contributed by atoms with Gasteiger partial charge in [-0.25, -0.2) is 12.8 Å². The van der Waals surface area contributed by atoms with Gasteiger partial charge in [-0.1, -0.05) is 19.1 Å². The van der Waals surface area contributed by atoms with E-state index in [9.17, 15) is 12.8 Å². The molecule has 0 saturated heterocycles. The van der Waals surface area contributed by atoms with Crippen LogP contribution >= 0.6 is 0 Å². The van der Waals surface area contributed by atoms with Crippen molar-refractivity contribution in [3.8, 4) is 0 Å². The fraction of sp³-hybridized carbons (Fsp3) is 0.143. The minimum Gasteiger partial charge on any atom is -0.399 e. The molecule has 0 aliphatic rings. The molecule has 0 amide bonds. The number of hydrogen-bond donors (Lipinski definition) is 2. The summed E-state index contributed by atoms with van der Waals surface area (Å²) >= 11 is 0. The maximum absolute atomic E-state index is 13.1. The van der Waals surface area contributed by atoms with Crippen LogP contribution in [0.4, 0.5) is 15.8 Å². The summed E-state index contributed by atoms with van der Waals surface area (Å²) in [4.78, 5) is 0.115. The predicted molar refractivity (Wildman–Crippen MR) is 77.4 cm³/mol. The summed E-state index contributed by atoms with van der Waals surface area (Å²) in [6, 6.07) is 10.0. The number of anilines is 2. The smallest absolute Gasteiger partial charge is 0.262 e. The molecule has 0 saturated carbocycles. The molecule has 0 unspecified atom stereocenters. The molecule has 4 nitrogen and oxygen atoms in total. The van der Waals surface area contributed by atoms with E-state index in [1.165, 1.54) is 24.3 Å². The van der Waals surface area contributed by atoms with Gasteiger partial charge in [0.25, 0.3) is 10.0 Å². The van der Waals surface area contributed by atoms with Gasteiger partial charge in [0.1, 0.15) is 5.82 Å². The number of halogens is 1. The van der Waals surface area contributed by atoms with Crippen molar-refractivity contribution in [1.29, 1.82) is 0 Å². The second-order valence-electron chi connectivity index (χ2n) is 4.34. The molecule has 0 aliphatic carbocycles. The van der Waals surface area contributed by atoms with Gasteiger partial charge in [0, 0.05) is 5.69 Å². The van der Waals surface area contributed by atoms with Crippen molar-refractivity contribution in [3.63, 3.8) is 0 Å². The Labute approximate surface area is 117 Å². The zero-order valence-electron chi connectivity index (χ0n) is 10.9. The topological polar surface area (TPSA) is 72.2 Å². The van der Waals surface area contributed by atoms with Crippen LogP contribution in [0.15, 0.2) is 47.4 Å². The van der Waals surface area contributed by atoms with Gasteiger partial charge >= 0.3 is 0 Å². The van der Waals surface area contributed by atoms with Gasteiger partial charge in [0.15, 0.2) is 0 Å². The summed E-state index contributed by atoms with van der Waals surface area (Å²) in [6.07, 6.45) is 0.555. The summed E-state index contributed by atoms with van der Waals surface area (Å²) in [5.74, 6) is -0.506. The summed E-state index contributed by atoms with van der Waals surface area (Å²) < 4.78 is 40.2. The van der Waals surface area contributed by atoms with Crippen LogP contribution in [0.5, 0.6) is 0 Å². The molecule has 0 spiro atoms. The van der Waals surface area contributed by atoms with E-state index < -0.39 is 15.8 Å². The summed E-state index contributed by atoms with van der Waals surface area (Å²) in [5, 5.41) is 0. The van der Waals surface area contributed by atoms with Gasteiger partial charge in [-0.2, -0.15) is 0 Å². The first-order valence-corrected chi connectivity index (χ1v) is 7.57. The monoisotopic (exact) mass is 294 g/mol. The van der Waals surface area contributed by atoms with Crippen LogP contribution in [0.1, 0.15) is 12.5 Å². The molecule has 106 valence electrons. The second kappa shape index (κ2) is 5.50. The minimum absolute atomic E-state index is 0.115. The Hall–Kier alpha value is -2.08. The van der Waals surface area contributed by atoms with Gasteiger partial charge in [-0.3, -0.25) is 4.72 Å². The first kappa shape index (κ1) is 14.3. The molecule has 0 aliphatic heterocycles. The van der Waals surface area contributed by atoms with Crippen molar-refractivity contribution < 1.29 is 12.8 Å². The number of hydrogen-bond acceptors (Lipinski definition) is 3. The molecular formula is C14H15FN2O2S. The number of aryl methyl sites for hydroxylation is 1. The standard InChI is InChI=1S/C14H15FN2O2S/c1-2-10-6-7-12(16)9-14(10)20(18,19)17-13-5-3-4-11(15)8-13/h3-9,17H,2,16H2,1H3. The van der Waals surface area contributed by atoms with Crippen molar-refractivity contribution in [1.82, 2.24) is 0 Å². The van der Waals surface area contributed by atoms with E-state index in [4.69, 9.17) is 5.73 Å². The maximum Gasteiger partial charge on any atom is 0.262 e. The van der Waals surface area contributed by atoms with Crippen LogP contribution in [0.25, 0.3) is 0 Å². The Balaban J connectivity index is 2.43. The lowest BCUT2D eigenvalue weighted by Crippen LogP contribution is -2.15. The molecule has 0 bridgehead atoms. The number of sulfonamides is 1. The molecule has 2 rings (SSSR count). The molecule has 6 heteroatoms. The zero-order valence-corrected chi connectivity index (χ0v) is 11.7. The first-order valence-electron chi connectivity index (χ1n) is 6.09. The number of benzene rings is 2. The highest BCUT2D eigenvalue weighted by molar-refractivity contribution is 7.92. The molecule has 20 heavy (non-hydrogen) atoms. The highest BCUT2D eigenvalue weighted by Gasteiger charge is 2.18. The second-order valence-corrected chi connectivity index (χ2v) is 5.99. The van der Waals surface area contributed by atoms with Crippen LogP contribution in [-0.2, 0) is 16.4 Å². The molecule has 2 aromatic rings. The third-order valence-electron chi connectivity index (χ3n) is 2.84. The Morgan fingerprint density at radius 2 is 1.95 bits per heavy atom. The molecular weight excluding hydrogens is 279 g/mol. The van der Waals surface area contributed by atoms with Gasteiger partial charge in [0.2, 0.25) is 0 Å².